The summed E-state index contributed by atoms with van der Waals surface area (Å²) in [6, 6.07) is 7.48. The highest BCUT2D eigenvalue weighted by Crippen LogP contribution is 2.24. The van der Waals surface area contributed by atoms with Gasteiger partial charge < -0.3 is 9.64 Å². The molecule has 1 aliphatic rings. The Kier molecular flexibility index (Phi) is 5.57. The van der Waals surface area contributed by atoms with Gasteiger partial charge in [0, 0.05) is 13.1 Å². The molecule has 1 aromatic carbocycles. The third-order valence-corrected chi connectivity index (χ3v) is 5.21. The molecule has 0 aliphatic carbocycles. The van der Waals surface area contributed by atoms with Crippen LogP contribution in [-0.2, 0) is 4.79 Å². The maximum absolute atomic E-state index is 12.5. The second kappa shape index (κ2) is 7.86. The van der Waals surface area contributed by atoms with Crippen molar-refractivity contribution < 1.29 is 9.53 Å². The fraction of sp³-hybridized carbons (Fsp3) is 0.529. The predicted molar refractivity (Wildman–Crippen MR) is 96.0 cm³/mol. The number of piperidine rings is 1. The summed E-state index contributed by atoms with van der Waals surface area (Å²) >= 11 is 1.37. The Labute approximate surface area is 151 Å². The molecule has 1 aromatic heterocycles. The van der Waals surface area contributed by atoms with E-state index in [0.717, 1.165) is 24.5 Å². The molecule has 0 saturated carbocycles. The van der Waals surface area contributed by atoms with Crippen LogP contribution in [-0.4, -0.2) is 57.0 Å². The normalized spacial score (nSPS) is 20.5. The number of hydrogen-bond acceptors (Lipinski definition) is 6. The van der Waals surface area contributed by atoms with Gasteiger partial charge in [-0.05, 0) is 52.9 Å². The molecule has 3 rings (SSSR count). The van der Waals surface area contributed by atoms with Crippen LogP contribution in [0.2, 0.25) is 0 Å². The number of thioether (sulfide) groups is 1. The second-order valence-electron chi connectivity index (χ2n) is 6.60. The van der Waals surface area contributed by atoms with Crippen molar-refractivity contribution in [2.24, 2.45) is 11.8 Å². The van der Waals surface area contributed by atoms with Gasteiger partial charge in [-0.3, -0.25) is 4.79 Å². The lowest BCUT2D eigenvalue weighted by atomic mass is 9.92. The summed E-state index contributed by atoms with van der Waals surface area (Å²) in [5.74, 6) is 2.38. The van der Waals surface area contributed by atoms with Crippen LogP contribution in [0.4, 0.5) is 0 Å². The first kappa shape index (κ1) is 17.7. The van der Waals surface area contributed by atoms with E-state index in [4.69, 9.17) is 4.74 Å². The van der Waals surface area contributed by atoms with Crippen molar-refractivity contribution in [2.45, 2.75) is 25.4 Å². The van der Waals surface area contributed by atoms with E-state index in [1.165, 1.54) is 18.2 Å². The molecule has 0 radical (unpaired) electrons. The average Bonchev–Trinajstić information content (AvgIpc) is 3.07. The van der Waals surface area contributed by atoms with E-state index in [9.17, 15) is 4.79 Å². The molecule has 2 heterocycles. The highest BCUT2D eigenvalue weighted by atomic mass is 32.2. The number of tetrazole rings is 1. The van der Waals surface area contributed by atoms with Crippen molar-refractivity contribution in [3.63, 3.8) is 0 Å². The molecule has 1 aliphatic heterocycles. The maximum Gasteiger partial charge on any atom is 0.233 e. The number of amides is 1. The van der Waals surface area contributed by atoms with Crippen LogP contribution in [0.3, 0.4) is 0 Å². The first-order valence-electron chi connectivity index (χ1n) is 8.40. The van der Waals surface area contributed by atoms with Gasteiger partial charge in [0.15, 0.2) is 0 Å². The Morgan fingerprint density at radius 3 is 2.56 bits per heavy atom. The summed E-state index contributed by atoms with van der Waals surface area (Å²) in [6.07, 6.45) is 1.19. The summed E-state index contributed by atoms with van der Waals surface area (Å²) in [7, 11) is 1.63. The van der Waals surface area contributed by atoms with E-state index in [1.807, 2.05) is 29.2 Å². The molecule has 1 amide bonds. The van der Waals surface area contributed by atoms with Gasteiger partial charge in [-0.25, -0.2) is 0 Å². The lowest BCUT2D eigenvalue weighted by Gasteiger charge is -2.34. The zero-order valence-electron chi connectivity index (χ0n) is 14.8. The Morgan fingerprint density at radius 2 is 1.92 bits per heavy atom. The quantitative estimate of drug-likeness (QED) is 0.761. The number of likely N-dealkylation sites (tertiary alicyclic amines) is 1. The molecule has 2 aromatic rings. The van der Waals surface area contributed by atoms with Crippen molar-refractivity contribution in [3.05, 3.63) is 24.3 Å². The Hall–Kier alpha value is -2.09. The van der Waals surface area contributed by atoms with Gasteiger partial charge in [-0.15, -0.1) is 5.10 Å². The minimum absolute atomic E-state index is 0.146. The number of methoxy groups -OCH3 is 1. The maximum atomic E-state index is 12.5. The van der Waals surface area contributed by atoms with Crippen LogP contribution in [0.25, 0.3) is 5.69 Å². The van der Waals surface area contributed by atoms with Gasteiger partial charge in [0.25, 0.3) is 0 Å². The Bertz CT molecular complexity index is 708. The van der Waals surface area contributed by atoms with Crippen molar-refractivity contribution in [2.75, 3.05) is 26.0 Å². The third-order valence-electron chi connectivity index (χ3n) is 4.30. The molecule has 0 N–H and O–H groups in total. The van der Waals surface area contributed by atoms with Gasteiger partial charge in [0.1, 0.15) is 5.75 Å². The topological polar surface area (TPSA) is 73.1 Å². The summed E-state index contributed by atoms with van der Waals surface area (Å²) in [5.41, 5.74) is 0.834. The minimum atomic E-state index is 0.146. The molecule has 8 heteroatoms. The molecule has 0 unspecified atom stereocenters. The molecule has 0 spiro atoms. The smallest absolute Gasteiger partial charge is 0.233 e. The summed E-state index contributed by atoms with van der Waals surface area (Å²) < 4.78 is 6.80. The number of nitrogens with zero attached hydrogens (tertiary/aromatic N) is 5. The van der Waals surface area contributed by atoms with Crippen molar-refractivity contribution in [3.8, 4) is 11.4 Å². The first-order valence-corrected chi connectivity index (χ1v) is 9.38. The van der Waals surface area contributed by atoms with E-state index in [-0.39, 0.29) is 5.91 Å². The predicted octanol–water partition coefficient (Wildman–Crippen LogP) is 2.27. The second-order valence-corrected chi connectivity index (χ2v) is 7.55. The van der Waals surface area contributed by atoms with E-state index >= 15 is 0 Å². The number of benzene rings is 1. The van der Waals surface area contributed by atoms with Gasteiger partial charge in [0.2, 0.25) is 11.1 Å². The van der Waals surface area contributed by atoms with Gasteiger partial charge in [-0.2, -0.15) is 4.68 Å². The molecule has 7 nitrogen and oxygen atoms in total. The van der Waals surface area contributed by atoms with Crippen molar-refractivity contribution in [1.29, 1.82) is 0 Å². The van der Waals surface area contributed by atoms with Crippen molar-refractivity contribution in [1.82, 2.24) is 25.1 Å². The SMILES string of the molecule is COc1ccc(-n2nnnc2SCC(=O)N2C[C@H](C)C[C@@H](C)C2)cc1. The lowest BCUT2D eigenvalue weighted by molar-refractivity contribution is -0.130. The van der Waals surface area contributed by atoms with Crippen molar-refractivity contribution >= 4 is 17.7 Å². The van der Waals surface area contributed by atoms with Gasteiger partial charge in [-0.1, -0.05) is 25.6 Å². The Balaban J connectivity index is 1.64. The van der Waals surface area contributed by atoms with Crippen LogP contribution in [0.15, 0.2) is 29.4 Å². The lowest BCUT2D eigenvalue weighted by Crippen LogP contribution is -2.43. The van der Waals surface area contributed by atoms with Crippen LogP contribution in [0, 0.1) is 11.8 Å². The monoisotopic (exact) mass is 361 g/mol. The van der Waals surface area contributed by atoms with E-state index in [1.54, 1.807) is 11.8 Å². The number of hydrogen-bond donors (Lipinski definition) is 0. The standard InChI is InChI=1S/C17H23N5O2S/c1-12-8-13(2)10-21(9-12)16(23)11-25-17-18-19-20-22(17)14-4-6-15(24-3)7-5-14/h4-7,12-13H,8-11H2,1-3H3/t12-,13-/m1/s1. The van der Waals surface area contributed by atoms with E-state index < -0.39 is 0 Å². The molecule has 25 heavy (non-hydrogen) atoms. The molecule has 0 bridgehead atoms. The zero-order valence-corrected chi connectivity index (χ0v) is 15.6. The van der Waals surface area contributed by atoms with E-state index in [0.29, 0.717) is 22.7 Å². The Morgan fingerprint density at radius 1 is 1.24 bits per heavy atom. The molecular formula is C17H23N5O2S. The first-order chi connectivity index (χ1) is 12.1. The number of aromatic nitrogens is 4. The zero-order chi connectivity index (χ0) is 17.8. The molecule has 1 saturated heterocycles. The fourth-order valence-corrected chi connectivity index (χ4v) is 4.03. The average molecular weight is 361 g/mol. The molecule has 2 atom stereocenters. The fourth-order valence-electron chi connectivity index (χ4n) is 3.24. The number of carbonyl (C=O) groups is 1. The van der Waals surface area contributed by atoms with Crippen LogP contribution in [0.1, 0.15) is 20.3 Å². The van der Waals surface area contributed by atoms with Gasteiger partial charge >= 0.3 is 0 Å². The van der Waals surface area contributed by atoms with Crippen LogP contribution < -0.4 is 4.74 Å². The summed E-state index contributed by atoms with van der Waals surface area (Å²) in [4.78, 5) is 14.5. The van der Waals surface area contributed by atoms with Crippen LogP contribution in [0.5, 0.6) is 5.75 Å². The number of ether oxygens (including phenoxy) is 1. The summed E-state index contributed by atoms with van der Waals surface area (Å²) in [6.45, 7) is 6.08. The molecule has 134 valence electrons. The van der Waals surface area contributed by atoms with E-state index in [2.05, 4.69) is 29.4 Å². The highest BCUT2D eigenvalue weighted by Gasteiger charge is 2.25. The summed E-state index contributed by atoms with van der Waals surface area (Å²) in [5, 5.41) is 12.4. The minimum Gasteiger partial charge on any atom is -0.497 e. The largest absolute Gasteiger partial charge is 0.497 e. The highest BCUT2D eigenvalue weighted by molar-refractivity contribution is 7.99. The molecule has 1 fully saturated rings. The van der Waals surface area contributed by atoms with Crippen LogP contribution >= 0.6 is 11.8 Å². The molecular weight excluding hydrogens is 338 g/mol. The number of rotatable bonds is 5. The third kappa shape index (κ3) is 4.31. The van der Waals surface area contributed by atoms with Gasteiger partial charge in [0.05, 0.1) is 18.6 Å². The number of carbonyl (C=O) groups excluding carboxylic acids is 1.